The van der Waals surface area contributed by atoms with Gasteiger partial charge in [0, 0.05) is 45.0 Å². The first-order chi connectivity index (χ1) is 13.7. The zero-order valence-corrected chi connectivity index (χ0v) is 16.5. The van der Waals surface area contributed by atoms with Gasteiger partial charge in [-0.2, -0.15) is 13.2 Å². The molecule has 0 spiro atoms. The normalized spacial score (nSPS) is 14.6. The van der Waals surface area contributed by atoms with E-state index in [4.69, 9.17) is 0 Å². The maximum Gasteiger partial charge on any atom is 0.389 e. The lowest BCUT2D eigenvalue weighted by Gasteiger charge is -2.17. The van der Waals surface area contributed by atoms with E-state index in [1.165, 1.54) is 9.80 Å². The van der Waals surface area contributed by atoms with Crippen LogP contribution in [0.4, 0.5) is 23.1 Å². The minimum atomic E-state index is -4.23. The number of hydrogen-bond acceptors (Lipinski definition) is 5. The number of hydrogen-bond donors (Lipinski definition) is 1. The molecular formula is C18H20F3N5O2S. The van der Waals surface area contributed by atoms with Crippen molar-refractivity contribution in [2.45, 2.75) is 32.5 Å². The summed E-state index contributed by atoms with van der Waals surface area (Å²) in [5.74, 6) is -0.295. The lowest BCUT2D eigenvalue weighted by molar-refractivity contribution is -0.135. The summed E-state index contributed by atoms with van der Waals surface area (Å²) in [5, 5.41) is 3.18. The molecule has 7 nitrogen and oxygen atoms in total. The Balaban J connectivity index is 1.59. The standard InChI is InChI=1S/C18H20F3N5O2S/c1-12-14(15(27)23-11-13-3-6-22-7-4-13)29-16(24-12)26-10-9-25(17(26)28)8-2-5-18(19,20)21/h3-4,6-7H,2,5,8-11H2,1H3,(H,23,27). The number of thiazole rings is 1. The van der Waals surface area contributed by atoms with Crippen LogP contribution in [0.25, 0.3) is 0 Å². The number of anilines is 1. The lowest BCUT2D eigenvalue weighted by Crippen LogP contribution is -2.32. The predicted molar refractivity (Wildman–Crippen MR) is 102 cm³/mol. The largest absolute Gasteiger partial charge is 0.389 e. The molecule has 156 valence electrons. The molecule has 3 rings (SSSR count). The molecular weight excluding hydrogens is 407 g/mol. The smallest absolute Gasteiger partial charge is 0.347 e. The third kappa shape index (κ3) is 5.43. The van der Waals surface area contributed by atoms with E-state index in [0.717, 1.165) is 16.9 Å². The minimum Gasteiger partial charge on any atom is -0.347 e. The van der Waals surface area contributed by atoms with Gasteiger partial charge in [-0.1, -0.05) is 11.3 Å². The van der Waals surface area contributed by atoms with Crippen molar-refractivity contribution < 1.29 is 22.8 Å². The Labute approximate surface area is 169 Å². The Morgan fingerprint density at radius 2 is 2.00 bits per heavy atom. The van der Waals surface area contributed by atoms with Crippen molar-refractivity contribution >= 4 is 28.4 Å². The van der Waals surface area contributed by atoms with Gasteiger partial charge in [0.2, 0.25) is 0 Å². The van der Waals surface area contributed by atoms with E-state index in [2.05, 4.69) is 15.3 Å². The molecule has 11 heteroatoms. The highest BCUT2D eigenvalue weighted by Crippen LogP contribution is 2.29. The topological polar surface area (TPSA) is 78.4 Å². The van der Waals surface area contributed by atoms with Crippen LogP contribution in [0.5, 0.6) is 0 Å². The third-order valence-corrected chi connectivity index (χ3v) is 5.59. The number of carbonyl (C=O) groups excluding carboxylic acids is 2. The Morgan fingerprint density at radius 1 is 1.28 bits per heavy atom. The van der Waals surface area contributed by atoms with Gasteiger partial charge in [-0.25, -0.2) is 9.78 Å². The zero-order chi connectivity index (χ0) is 21.0. The summed E-state index contributed by atoms with van der Waals surface area (Å²) in [4.78, 5) is 36.4. The average Bonchev–Trinajstić information content (AvgIpc) is 3.22. The molecule has 2 aromatic heterocycles. The first-order valence-electron chi connectivity index (χ1n) is 9.02. The molecule has 1 aliphatic rings. The summed E-state index contributed by atoms with van der Waals surface area (Å²) in [6.07, 6.45) is -2.01. The average molecular weight is 427 g/mol. The molecule has 1 saturated heterocycles. The van der Waals surface area contributed by atoms with Crippen LogP contribution in [0.3, 0.4) is 0 Å². The van der Waals surface area contributed by atoms with Gasteiger partial charge in [0.1, 0.15) is 4.88 Å². The number of urea groups is 1. The quantitative estimate of drug-likeness (QED) is 0.735. The predicted octanol–water partition coefficient (Wildman–Crippen LogP) is 3.36. The Bertz CT molecular complexity index is 872. The van der Waals surface area contributed by atoms with Gasteiger partial charge in [-0.05, 0) is 31.0 Å². The van der Waals surface area contributed by atoms with Crippen molar-refractivity contribution in [1.82, 2.24) is 20.2 Å². The van der Waals surface area contributed by atoms with Gasteiger partial charge in [0.05, 0.1) is 5.69 Å². The molecule has 29 heavy (non-hydrogen) atoms. The van der Waals surface area contributed by atoms with Crippen molar-refractivity contribution in [3.05, 3.63) is 40.7 Å². The van der Waals surface area contributed by atoms with E-state index in [0.29, 0.717) is 35.3 Å². The second-order valence-electron chi connectivity index (χ2n) is 6.59. The van der Waals surface area contributed by atoms with Gasteiger partial charge < -0.3 is 10.2 Å². The van der Waals surface area contributed by atoms with E-state index in [1.54, 1.807) is 31.5 Å². The highest BCUT2D eigenvalue weighted by molar-refractivity contribution is 7.17. The number of aryl methyl sites for hydroxylation is 1. The van der Waals surface area contributed by atoms with E-state index >= 15 is 0 Å². The van der Waals surface area contributed by atoms with Gasteiger partial charge in [0.15, 0.2) is 5.13 Å². The van der Waals surface area contributed by atoms with Crippen LogP contribution in [-0.2, 0) is 6.54 Å². The molecule has 0 saturated carbocycles. The summed E-state index contributed by atoms with van der Waals surface area (Å²) >= 11 is 1.10. The Hall–Kier alpha value is -2.69. The molecule has 0 bridgehead atoms. The van der Waals surface area contributed by atoms with Crippen LogP contribution in [0, 0.1) is 6.92 Å². The van der Waals surface area contributed by atoms with E-state index in [1.807, 2.05) is 0 Å². The fraction of sp³-hybridized carbons (Fsp3) is 0.444. The Kier molecular flexibility index (Phi) is 6.36. The number of amides is 3. The van der Waals surface area contributed by atoms with Crippen LogP contribution in [-0.4, -0.2) is 52.6 Å². The maximum absolute atomic E-state index is 12.5. The number of aromatic nitrogens is 2. The van der Waals surface area contributed by atoms with Crippen LogP contribution in [0.15, 0.2) is 24.5 Å². The molecule has 0 unspecified atom stereocenters. The van der Waals surface area contributed by atoms with Crippen molar-refractivity contribution in [3.8, 4) is 0 Å². The molecule has 0 radical (unpaired) electrons. The molecule has 1 fully saturated rings. The second kappa shape index (κ2) is 8.76. The monoisotopic (exact) mass is 427 g/mol. The van der Waals surface area contributed by atoms with Crippen LogP contribution in [0.2, 0.25) is 0 Å². The molecule has 0 aliphatic carbocycles. The summed E-state index contributed by atoms with van der Waals surface area (Å²) in [6, 6.07) is 3.20. The molecule has 0 aromatic carbocycles. The molecule has 1 N–H and O–H groups in total. The number of carbonyl (C=O) groups is 2. The zero-order valence-electron chi connectivity index (χ0n) is 15.7. The van der Waals surface area contributed by atoms with E-state index in [9.17, 15) is 22.8 Å². The Morgan fingerprint density at radius 3 is 2.69 bits per heavy atom. The first-order valence-corrected chi connectivity index (χ1v) is 9.84. The van der Waals surface area contributed by atoms with E-state index in [-0.39, 0.29) is 24.9 Å². The molecule has 2 aromatic rings. The summed E-state index contributed by atoms with van der Waals surface area (Å²) in [5.41, 5.74) is 1.40. The summed E-state index contributed by atoms with van der Waals surface area (Å²) in [6.45, 7) is 2.72. The van der Waals surface area contributed by atoms with Gasteiger partial charge in [0.25, 0.3) is 5.91 Å². The van der Waals surface area contributed by atoms with Crippen LogP contribution in [0.1, 0.15) is 33.8 Å². The number of halogens is 3. The summed E-state index contributed by atoms with van der Waals surface area (Å²) < 4.78 is 36.9. The fourth-order valence-corrected chi connectivity index (χ4v) is 3.91. The molecule has 1 aliphatic heterocycles. The van der Waals surface area contributed by atoms with E-state index < -0.39 is 12.6 Å². The van der Waals surface area contributed by atoms with Crippen molar-refractivity contribution in [2.75, 3.05) is 24.5 Å². The van der Waals surface area contributed by atoms with Gasteiger partial charge in [-0.3, -0.25) is 14.7 Å². The number of nitrogens with one attached hydrogen (secondary N) is 1. The number of rotatable bonds is 7. The maximum atomic E-state index is 12.5. The minimum absolute atomic E-state index is 0.0402. The van der Waals surface area contributed by atoms with Crippen LogP contribution >= 0.6 is 11.3 Å². The van der Waals surface area contributed by atoms with Gasteiger partial charge in [-0.15, -0.1) is 0 Å². The lowest BCUT2D eigenvalue weighted by atomic mass is 10.2. The fourth-order valence-electron chi connectivity index (χ4n) is 2.91. The highest BCUT2D eigenvalue weighted by atomic mass is 32.1. The first kappa shape index (κ1) is 21.0. The van der Waals surface area contributed by atoms with Crippen LogP contribution < -0.4 is 10.2 Å². The molecule has 0 atom stereocenters. The molecule has 3 amide bonds. The van der Waals surface area contributed by atoms with Crippen molar-refractivity contribution in [2.24, 2.45) is 0 Å². The SMILES string of the molecule is Cc1nc(N2CCN(CCCC(F)(F)F)C2=O)sc1C(=O)NCc1ccncc1. The second-order valence-corrected chi connectivity index (χ2v) is 7.57. The van der Waals surface area contributed by atoms with Crippen molar-refractivity contribution in [1.29, 1.82) is 0 Å². The molecule has 3 heterocycles. The number of alkyl halides is 3. The number of pyridine rings is 1. The highest BCUT2D eigenvalue weighted by Gasteiger charge is 2.33. The number of nitrogens with zero attached hydrogens (tertiary/aromatic N) is 4. The third-order valence-electron chi connectivity index (χ3n) is 4.41. The summed E-state index contributed by atoms with van der Waals surface area (Å²) in [7, 11) is 0. The van der Waals surface area contributed by atoms with Gasteiger partial charge >= 0.3 is 12.2 Å². The van der Waals surface area contributed by atoms with Crippen molar-refractivity contribution in [3.63, 3.8) is 0 Å².